The van der Waals surface area contributed by atoms with Gasteiger partial charge in [-0.2, -0.15) is 5.26 Å². The van der Waals surface area contributed by atoms with Crippen molar-refractivity contribution in [2.45, 2.75) is 26.4 Å². The van der Waals surface area contributed by atoms with Crippen LogP contribution < -0.4 is 10.1 Å². The summed E-state index contributed by atoms with van der Waals surface area (Å²) in [6, 6.07) is 17.9. The number of methoxy groups -OCH3 is 1. The highest BCUT2D eigenvalue weighted by molar-refractivity contribution is 7.16. The van der Waals surface area contributed by atoms with Crippen LogP contribution in [0.2, 0.25) is 0 Å². The zero-order valence-corrected chi connectivity index (χ0v) is 17.9. The number of hydrogen-bond acceptors (Lipinski definition) is 5. The average molecular weight is 418 g/mol. The van der Waals surface area contributed by atoms with E-state index in [1.165, 1.54) is 0 Å². The van der Waals surface area contributed by atoms with Gasteiger partial charge in [0.15, 0.2) is 0 Å². The third-order valence-electron chi connectivity index (χ3n) is 5.31. The molecular weight excluding hydrogens is 394 g/mol. The minimum absolute atomic E-state index is 0.0437. The summed E-state index contributed by atoms with van der Waals surface area (Å²) in [6.07, 6.45) is 0.702. The molecule has 0 unspecified atom stereocenters. The molecular formula is C24H23N3O2S. The van der Waals surface area contributed by atoms with E-state index in [9.17, 15) is 10.1 Å². The van der Waals surface area contributed by atoms with E-state index in [-0.39, 0.29) is 5.91 Å². The number of aryl methyl sites for hydroxylation is 1. The summed E-state index contributed by atoms with van der Waals surface area (Å²) < 4.78 is 5.28. The van der Waals surface area contributed by atoms with E-state index in [1.54, 1.807) is 18.4 Å². The zero-order chi connectivity index (χ0) is 21.1. The molecule has 0 atom stereocenters. The minimum Gasteiger partial charge on any atom is -0.497 e. The van der Waals surface area contributed by atoms with Crippen LogP contribution in [0.5, 0.6) is 5.75 Å². The highest BCUT2D eigenvalue weighted by atomic mass is 32.1. The number of benzene rings is 2. The van der Waals surface area contributed by atoms with Crippen LogP contribution in [0.3, 0.4) is 0 Å². The molecule has 0 aliphatic carbocycles. The fourth-order valence-corrected chi connectivity index (χ4v) is 4.95. The van der Waals surface area contributed by atoms with Gasteiger partial charge in [-0.15, -0.1) is 11.3 Å². The van der Waals surface area contributed by atoms with E-state index >= 15 is 0 Å². The predicted octanol–water partition coefficient (Wildman–Crippen LogP) is 4.75. The molecule has 3 aromatic rings. The highest BCUT2D eigenvalue weighted by Crippen LogP contribution is 2.37. The smallest absolute Gasteiger partial charge is 0.254 e. The Morgan fingerprint density at radius 3 is 2.87 bits per heavy atom. The molecule has 1 aromatic heterocycles. The standard InChI is InChI=1S/C24H23N3O2S/c1-16-5-3-7-18(11-16)24(28)27-10-9-20-21(13-25)23(30-22(20)15-27)26-14-17-6-4-8-19(12-17)29-2/h3-8,11-12,26H,9-10,14-15H2,1-2H3. The van der Waals surface area contributed by atoms with Gasteiger partial charge in [-0.05, 0) is 48.7 Å². The van der Waals surface area contributed by atoms with Gasteiger partial charge in [-0.25, -0.2) is 0 Å². The summed E-state index contributed by atoms with van der Waals surface area (Å²) in [5, 5.41) is 14.0. The van der Waals surface area contributed by atoms with Crippen LogP contribution in [0, 0.1) is 18.3 Å². The lowest BCUT2D eigenvalue weighted by atomic mass is 10.0. The van der Waals surface area contributed by atoms with Gasteiger partial charge in [0.05, 0.1) is 19.2 Å². The first kappa shape index (κ1) is 20.0. The number of nitrogens with zero attached hydrogens (tertiary/aromatic N) is 2. The molecule has 1 amide bonds. The van der Waals surface area contributed by atoms with Crippen molar-refractivity contribution in [1.82, 2.24) is 4.90 Å². The third-order valence-corrected chi connectivity index (χ3v) is 6.48. The normalized spacial score (nSPS) is 12.8. The van der Waals surface area contributed by atoms with Crippen LogP contribution >= 0.6 is 11.3 Å². The van der Waals surface area contributed by atoms with Crippen molar-refractivity contribution in [3.63, 3.8) is 0 Å². The number of ether oxygens (including phenoxy) is 1. The molecule has 0 bridgehead atoms. The van der Waals surface area contributed by atoms with Crippen molar-refractivity contribution in [2.24, 2.45) is 0 Å². The number of fused-ring (bicyclic) bond motifs is 1. The van der Waals surface area contributed by atoms with Gasteiger partial charge in [0.1, 0.15) is 16.8 Å². The van der Waals surface area contributed by atoms with E-state index in [0.29, 0.717) is 37.2 Å². The molecule has 152 valence electrons. The predicted molar refractivity (Wildman–Crippen MR) is 119 cm³/mol. The van der Waals surface area contributed by atoms with Gasteiger partial charge in [0.2, 0.25) is 0 Å². The summed E-state index contributed by atoms with van der Waals surface area (Å²) in [5.41, 5.74) is 4.66. The van der Waals surface area contributed by atoms with Crippen molar-refractivity contribution in [2.75, 3.05) is 19.0 Å². The molecule has 30 heavy (non-hydrogen) atoms. The maximum Gasteiger partial charge on any atom is 0.254 e. The lowest BCUT2D eigenvalue weighted by Gasteiger charge is -2.27. The summed E-state index contributed by atoms with van der Waals surface area (Å²) in [7, 11) is 1.65. The molecule has 0 saturated carbocycles. The van der Waals surface area contributed by atoms with Crippen molar-refractivity contribution in [3.8, 4) is 11.8 Å². The first-order valence-corrected chi connectivity index (χ1v) is 10.7. The number of hydrogen-bond donors (Lipinski definition) is 1. The first-order valence-electron chi connectivity index (χ1n) is 9.86. The molecule has 0 fully saturated rings. The average Bonchev–Trinajstić information content (AvgIpc) is 3.14. The van der Waals surface area contributed by atoms with Gasteiger partial charge in [-0.1, -0.05) is 29.8 Å². The van der Waals surface area contributed by atoms with Gasteiger partial charge in [-0.3, -0.25) is 4.79 Å². The van der Waals surface area contributed by atoms with Crippen LogP contribution in [0.25, 0.3) is 0 Å². The van der Waals surface area contributed by atoms with Crippen LogP contribution in [0.15, 0.2) is 48.5 Å². The Bertz CT molecular complexity index is 1130. The molecule has 1 aliphatic rings. The maximum atomic E-state index is 12.9. The maximum absolute atomic E-state index is 12.9. The number of anilines is 1. The van der Waals surface area contributed by atoms with Gasteiger partial charge in [0, 0.05) is 23.5 Å². The van der Waals surface area contributed by atoms with Crippen LogP contribution in [0.4, 0.5) is 5.00 Å². The molecule has 0 saturated heterocycles. The van der Waals surface area contributed by atoms with Gasteiger partial charge >= 0.3 is 0 Å². The van der Waals surface area contributed by atoms with E-state index in [0.717, 1.165) is 32.3 Å². The summed E-state index contributed by atoms with van der Waals surface area (Å²) >= 11 is 1.58. The van der Waals surface area contributed by atoms with Crippen LogP contribution in [-0.4, -0.2) is 24.5 Å². The number of carbonyl (C=O) groups is 1. The number of rotatable bonds is 5. The number of amides is 1. The summed E-state index contributed by atoms with van der Waals surface area (Å²) in [4.78, 5) is 15.9. The second-order valence-electron chi connectivity index (χ2n) is 7.37. The molecule has 0 radical (unpaired) electrons. The van der Waals surface area contributed by atoms with Crippen LogP contribution in [0.1, 0.15) is 37.5 Å². The molecule has 4 rings (SSSR count). The van der Waals surface area contributed by atoms with E-state index in [4.69, 9.17) is 4.74 Å². The fraction of sp³-hybridized carbons (Fsp3) is 0.250. The Morgan fingerprint density at radius 1 is 1.27 bits per heavy atom. The Labute approximate surface area is 180 Å². The fourth-order valence-electron chi connectivity index (χ4n) is 3.75. The van der Waals surface area contributed by atoms with E-state index in [1.807, 2.05) is 60.4 Å². The molecule has 0 spiro atoms. The Hall–Kier alpha value is -3.30. The Morgan fingerprint density at radius 2 is 2.10 bits per heavy atom. The minimum atomic E-state index is 0.0437. The lowest BCUT2D eigenvalue weighted by molar-refractivity contribution is 0.0737. The topological polar surface area (TPSA) is 65.4 Å². The molecule has 1 aliphatic heterocycles. The highest BCUT2D eigenvalue weighted by Gasteiger charge is 2.27. The molecule has 1 N–H and O–H groups in total. The largest absolute Gasteiger partial charge is 0.497 e. The zero-order valence-electron chi connectivity index (χ0n) is 17.1. The Balaban J connectivity index is 1.52. The summed E-state index contributed by atoms with van der Waals surface area (Å²) in [5.74, 6) is 0.854. The van der Waals surface area contributed by atoms with Crippen LogP contribution in [-0.2, 0) is 19.5 Å². The molecule has 5 nitrogen and oxygen atoms in total. The number of nitrogens with one attached hydrogen (secondary N) is 1. The molecule has 2 heterocycles. The van der Waals surface area contributed by atoms with Gasteiger partial charge < -0.3 is 15.0 Å². The van der Waals surface area contributed by atoms with Crippen molar-refractivity contribution < 1.29 is 9.53 Å². The van der Waals surface area contributed by atoms with Crippen molar-refractivity contribution >= 4 is 22.2 Å². The van der Waals surface area contributed by atoms with E-state index in [2.05, 4.69) is 11.4 Å². The second kappa shape index (κ2) is 8.60. The van der Waals surface area contributed by atoms with Crippen molar-refractivity contribution in [3.05, 3.63) is 81.2 Å². The quantitative estimate of drug-likeness (QED) is 0.651. The number of carbonyl (C=O) groups excluding carboxylic acids is 1. The molecule has 2 aromatic carbocycles. The lowest BCUT2D eigenvalue weighted by Crippen LogP contribution is -2.35. The van der Waals surface area contributed by atoms with Gasteiger partial charge in [0.25, 0.3) is 5.91 Å². The first-order chi connectivity index (χ1) is 14.6. The Kier molecular flexibility index (Phi) is 5.73. The molecule has 6 heteroatoms. The summed E-state index contributed by atoms with van der Waals surface area (Å²) in [6.45, 7) is 3.77. The third kappa shape index (κ3) is 4.03. The SMILES string of the molecule is COc1cccc(CNc2sc3c(c2C#N)CCN(C(=O)c2cccc(C)c2)C3)c1. The monoisotopic (exact) mass is 417 g/mol. The van der Waals surface area contributed by atoms with E-state index < -0.39 is 0 Å². The number of thiophene rings is 1. The number of nitriles is 1. The van der Waals surface area contributed by atoms with Crippen molar-refractivity contribution in [1.29, 1.82) is 5.26 Å². The second-order valence-corrected chi connectivity index (χ2v) is 8.48.